The van der Waals surface area contributed by atoms with Crippen molar-refractivity contribution in [1.82, 2.24) is 10.2 Å². The maximum atomic E-state index is 6.05. The Kier molecular flexibility index (Phi) is 3.48. The van der Waals surface area contributed by atoms with Crippen molar-refractivity contribution in [3.8, 4) is 0 Å². The minimum absolute atomic E-state index is 0.512. The van der Waals surface area contributed by atoms with Gasteiger partial charge in [-0.25, -0.2) is 0 Å². The number of aromatic nitrogens is 2. The number of nitrogen functional groups attached to an aromatic ring is 1. The molecule has 102 valence electrons. The third kappa shape index (κ3) is 2.56. The van der Waals surface area contributed by atoms with Gasteiger partial charge in [0.15, 0.2) is 0 Å². The molecule has 20 heavy (non-hydrogen) atoms. The fourth-order valence-corrected chi connectivity index (χ4v) is 2.42. The summed E-state index contributed by atoms with van der Waals surface area (Å²) in [5, 5.41) is 11.7. The number of H-pyrrole nitrogens is 1. The van der Waals surface area contributed by atoms with Crippen molar-refractivity contribution >= 4 is 33.9 Å². The molecular formula is C15H15ClN4. The Bertz CT molecular complexity index is 721. The minimum Gasteiger partial charge on any atom is -0.399 e. The van der Waals surface area contributed by atoms with Crippen molar-refractivity contribution < 1.29 is 0 Å². The molecule has 0 saturated heterocycles. The molecule has 0 fully saturated rings. The zero-order valence-electron chi connectivity index (χ0n) is 10.9. The average molecular weight is 287 g/mol. The highest BCUT2D eigenvalue weighted by Gasteiger charge is 2.09. The van der Waals surface area contributed by atoms with Crippen LogP contribution in [0.25, 0.3) is 10.9 Å². The summed E-state index contributed by atoms with van der Waals surface area (Å²) in [4.78, 5) is 0. The van der Waals surface area contributed by atoms with Crippen molar-refractivity contribution in [2.75, 3.05) is 17.6 Å². The predicted octanol–water partition coefficient (Wildman–Crippen LogP) is 3.45. The van der Waals surface area contributed by atoms with E-state index < -0.39 is 0 Å². The number of nitrogens with two attached hydrogens (primary N) is 1. The molecule has 5 heteroatoms. The van der Waals surface area contributed by atoms with Gasteiger partial charge >= 0.3 is 0 Å². The van der Waals surface area contributed by atoms with Gasteiger partial charge in [0.25, 0.3) is 0 Å². The number of aromatic amines is 1. The van der Waals surface area contributed by atoms with Gasteiger partial charge < -0.3 is 11.1 Å². The molecule has 0 bridgehead atoms. The van der Waals surface area contributed by atoms with E-state index >= 15 is 0 Å². The second kappa shape index (κ2) is 5.43. The number of rotatable bonds is 4. The molecule has 0 radical (unpaired) electrons. The first-order valence-corrected chi connectivity index (χ1v) is 6.83. The zero-order chi connectivity index (χ0) is 13.9. The van der Waals surface area contributed by atoms with Crippen LogP contribution in [-0.4, -0.2) is 16.7 Å². The number of hydrogen-bond donors (Lipinski definition) is 3. The summed E-state index contributed by atoms with van der Waals surface area (Å²) in [5.41, 5.74) is 9.58. The van der Waals surface area contributed by atoms with Crippen molar-refractivity contribution in [3.05, 3.63) is 53.2 Å². The Labute approximate surface area is 121 Å². The highest BCUT2D eigenvalue weighted by atomic mass is 35.5. The maximum absolute atomic E-state index is 6.05. The number of hydrogen-bond acceptors (Lipinski definition) is 3. The lowest BCUT2D eigenvalue weighted by Crippen LogP contribution is -2.05. The van der Waals surface area contributed by atoms with Crippen LogP contribution in [0.5, 0.6) is 0 Å². The first-order chi connectivity index (χ1) is 9.74. The number of nitrogens with one attached hydrogen (secondary N) is 2. The van der Waals surface area contributed by atoms with E-state index in [-0.39, 0.29) is 0 Å². The molecular weight excluding hydrogens is 272 g/mol. The van der Waals surface area contributed by atoms with Crippen LogP contribution in [0.15, 0.2) is 42.5 Å². The third-order valence-corrected chi connectivity index (χ3v) is 3.49. The van der Waals surface area contributed by atoms with Crippen LogP contribution in [0.3, 0.4) is 0 Å². The zero-order valence-corrected chi connectivity index (χ0v) is 11.6. The molecule has 0 atom stereocenters. The van der Waals surface area contributed by atoms with Crippen molar-refractivity contribution in [2.45, 2.75) is 6.42 Å². The van der Waals surface area contributed by atoms with Crippen LogP contribution in [0.1, 0.15) is 5.56 Å². The van der Waals surface area contributed by atoms with Crippen molar-refractivity contribution in [3.63, 3.8) is 0 Å². The Balaban J connectivity index is 1.77. The van der Waals surface area contributed by atoms with Crippen LogP contribution in [-0.2, 0) is 6.42 Å². The van der Waals surface area contributed by atoms with Gasteiger partial charge in [-0.1, -0.05) is 41.9 Å². The van der Waals surface area contributed by atoms with E-state index in [0.717, 1.165) is 29.6 Å². The van der Waals surface area contributed by atoms with Gasteiger partial charge in [-0.05, 0) is 24.1 Å². The van der Waals surface area contributed by atoms with Gasteiger partial charge in [-0.2, -0.15) is 5.10 Å². The van der Waals surface area contributed by atoms with E-state index in [1.807, 2.05) is 30.3 Å². The first kappa shape index (κ1) is 12.8. The maximum Gasteiger partial charge on any atom is 0.132 e. The molecule has 4 nitrogen and oxygen atoms in total. The van der Waals surface area contributed by atoms with Crippen LogP contribution < -0.4 is 11.1 Å². The van der Waals surface area contributed by atoms with Gasteiger partial charge in [0.1, 0.15) is 10.7 Å². The van der Waals surface area contributed by atoms with Gasteiger partial charge in [0.2, 0.25) is 0 Å². The molecule has 0 unspecified atom stereocenters. The predicted molar refractivity (Wildman–Crippen MR) is 84.2 cm³/mol. The number of halogens is 1. The third-order valence-electron chi connectivity index (χ3n) is 3.21. The quantitative estimate of drug-likeness (QED) is 0.644. The van der Waals surface area contributed by atoms with E-state index in [1.165, 1.54) is 5.56 Å². The summed E-state index contributed by atoms with van der Waals surface area (Å²) >= 11 is 6.05. The molecule has 1 aromatic heterocycles. The van der Waals surface area contributed by atoms with E-state index in [2.05, 4.69) is 27.6 Å². The van der Waals surface area contributed by atoms with E-state index in [1.54, 1.807) is 0 Å². The normalized spacial score (nSPS) is 10.8. The van der Waals surface area contributed by atoms with E-state index in [4.69, 9.17) is 17.3 Å². The lowest BCUT2D eigenvalue weighted by Gasteiger charge is -2.08. The van der Waals surface area contributed by atoms with Crippen LogP contribution >= 0.6 is 11.6 Å². The first-order valence-electron chi connectivity index (χ1n) is 6.45. The van der Waals surface area contributed by atoms with Crippen LogP contribution in [0.2, 0.25) is 5.15 Å². The summed E-state index contributed by atoms with van der Waals surface area (Å²) in [6, 6.07) is 14.0. The number of benzene rings is 2. The molecule has 0 amide bonds. The Morgan fingerprint density at radius 1 is 1.20 bits per heavy atom. The van der Waals surface area contributed by atoms with E-state index in [9.17, 15) is 0 Å². The molecule has 0 aliphatic heterocycles. The summed E-state index contributed by atoms with van der Waals surface area (Å²) in [6.45, 7) is 0.813. The smallest absolute Gasteiger partial charge is 0.132 e. The molecule has 3 aromatic rings. The van der Waals surface area contributed by atoms with Gasteiger partial charge in [-0.3, -0.25) is 5.10 Å². The van der Waals surface area contributed by atoms with Crippen LogP contribution in [0, 0.1) is 0 Å². The SMILES string of the molecule is Nc1cc(NCCc2ccccc2)c2n[nH]c(Cl)c2c1. The van der Waals surface area contributed by atoms with Crippen LogP contribution in [0.4, 0.5) is 11.4 Å². The Hall–Kier alpha value is -2.20. The number of anilines is 2. The molecule has 0 aliphatic carbocycles. The number of fused-ring (bicyclic) bond motifs is 1. The Morgan fingerprint density at radius 3 is 2.80 bits per heavy atom. The molecule has 4 N–H and O–H groups in total. The second-order valence-corrected chi connectivity index (χ2v) is 5.04. The Morgan fingerprint density at radius 2 is 2.00 bits per heavy atom. The van der Waals surface area contributed by atoms with E-state index in [0.29, 0.717) is 10.8 Å². The fraction of sp³-hybridized carbons (Fsp3) is 0.133. The highest BCUT2D eigenvalue weighted by Crippen LogP contribution is 2.29. The minimum atomic E-state index is 0.512. The fourth-order valence-electron chi connectivity index (χ4n) is 2.23. The number of nitrogens with zero attached hydrogens (tertiary/aromatic N) is 1. The summed E-state index contributed by atoms with van der Waals surface area (Å²) < 4.78 is 0. The molecule has 0 aliphatic rings. The van der Waals surface area contributed by atoms with Crippen molar-refractivity contribution in [1.29, 1.82) is 0 Å². The van der Waals surface area contributed by atoms with Gasteiger partial charge in [-0.15, -0.1) is 0 Å². The van der Waals surface area contributed by atoms with Gasteiger partial charge in [0, 0.05) is 17.6 Å². The molecule has 0 saturated carbocycles. The highest BCUT2D eigenvalue weighted by molar-refractivity contribution is 6.34. The average Bonchev–Trinajstić information content (AvgIpc) is 2.82. The molecule has 2 aromatic carbocycles. The molecule has 0 spiro atoms. The lowest BCUT2D eigenvalue weighted by atomic mass is 10.1. The largest absolute Gasteiger partial charge is 0.399 e. The second-order valence-electron chi connectivity index (χ2n) is 4.66. The molecule has 3 rings (SSSR count). The molecule has 1 heterocycles. The summed E-state index contributed by atoms with van der Waals surface area (Å²) in [7, 11) is 0. The topological polar surface area (TPSA) is 66.7 Å². The summed E-state index contributed by atoms with van der Waals surface area (Å²) in [5.74, 6) is 0. The van der Waals surface area contributed by atoms with Gasteiger partial charge in [0.05, 0.1) is 5.69 Å². The lowest BCUT2D eigenvalue weighted by molar-refractivity contribution is 1.02. The van der Waals surface area contributed by atoms with Crippen molar-refractivity contribution in [2.24, 2.45) is 0 Å². The standard InChI is InChI=1S/C15H15ClN4/c16-15-12-8-11(17)9-13(14(12)19-20-15)18-7-6-10-4-2-1-3-5-10/h1-5,8-9,18H,6-7,17H2,(H,19,20). The monoisotopic (exact) mass is 286 g/mol. The summed E-state index contributed by atoms with van der Waals surface area (Å²) in [6.07, 6.45) is 0.940.